The first-order valence-corrected chi connectivity index (χ1v) is 6.71. The van der Waals surface area contributed by atoms with Crippen LogP contribution in [0.4, 0.5) is 13.2 Å². The minimum atomic E-state index is -1.44. The lowest BCUT2D eigenvalue weighted by molar-refractivity contribution is 0.433. The van der Waals surface area contributed by atoms with Gasteiger partial charge in [-0.3, -0.25) is 0 Å². The maximum absolute atomic E-state index is 13.9. The number of hydrogen-bond acceptors (Lipinski definition) is 3. The Balaban J connectivity index is 2.52. The van der Waals surface area contributed by atoms with Crippen LogP contribution < -0.4 is 5.32 Å². The molecule has 1 atom stereocenters. The highest BCUT2D eigenvalue weighted by molar-refractivity contribution is 7.09. The van der Waals surface area contributed by atoms with E-state index in [-0.39, 0.29) is 5.56 Å². The summed E-state index contributed by atoms with van der Waals surface area (Å²) in [5.74, 6) is -3.78. The standard InChI is InChI=1S/C13H13F3N2S/c1-3-17-12(13-7(2)18-6-19-13)8-4-5-9(14)11(16)10(8)15/h4-6,12,17H,3H2,1-2H3. The molecule has 0 aliphatic carbocycles. The maximum atomic E-state index is 13.9. The number of aryl methyl sites for hydroxylation is 1. The monoisotopic (exact) mass is 286 g/mol. The van der Waals surface area contributed by atoms with E-state index in [0.29, 0.717) is 6.54 Å². The third kappa shape index (κ3) is 2.64. The zero-order valence-corrected chi connectivity index (χ0v) is 11.3. The van der Waals surface area contributed by atoms with Crippen LogP contribution in [-0.2, 0) is 0 Å². The van der Waals surface area contributed by atoms with Crippen molar-refractivity contribution in [1.29, 1.82) is 0 Å². The van der Waals surface area contributed by atoms with Gasteiger partial charge in [0.15, 0.2) is 17.5 Å². The van der Waals surface area contributed by atoms with Crippen LogP contribution in [0.1, 0.15) is 29.1 Å². The van der Waals surface area contributed by atoms with E-state index in [2.05, 4.69) is 10.3 Å². The number of thiazole rings is 1. The van der Waals surface area contributed by atoms with Gasteiger partial charge >= 0.3 is 0 Å². The summed E-state index contributed by atoms with van der Waals surface area (Å²) in [7, 11) is 0. The highest BCUT2D eigenvalue weighted by Gasteiger charge is 2.24. The van der Waals surface area contributed by atoms with E-state index in [9.17, 15) is 13.2 Å². The summed E-state index contributed by atoms with van der Waals surface area (Å²) in [6, 6.07) is 1.68. The van der Waals surface area contributed by atoms with E-state index in [4.69, 9.17) is 0 Å². The highest BCUT2D eigenvalue weighted by atomic mass is 32.1. The second-order valence-electron chi connectivity index (χ2n) is 4.06. The highest BCUT2D eigenvalue weighted by Crippen LogP contribution is 2.30. The Morgan fingerprint density at radius 1 is 1.26 bits per heavy atom. The molecule has 0 fully saturated rings. The zero-order chi connectivity index (χ0) is 14.0. The molecule has 102 valence electrons. The van der Waals surface area contributed by atoms with Crippen molar-refractivity contribution in [2.45, 2.75) is 19.9 Å². The van der Waals surface area contributed by atoms with Crippen molar-refractivity contribution in [1.82, 2.24) is 10.3 Å². The average Bonchev–Trinajstić information content (AvgIpc) is 2.80. The number of halogens is 3. The molecule has 0 saturated heterocycles. The molecular formula is C13H13F3N2S. The number of aromatic nitrogens is 1. The van der Waals surface area contributed by atoms with Gasteiger partial charge in [-0.05, 0) is 19.5 Å². The lowest BCUT2D eigenvalue weighted by Gasteiger charge is -2.18. The van der Waals surface area contributed by atoms with E-state index in [1.54, 1.807) is 12.4 Å². The Morgan fingerprint density at radius 3 is 2.58 bits per heavy atom. The van der Waals surface area contributed by atoms with Crippen LogP contribution >= 0.6 is 11.3 Å². The van der Waals surface area contributed by atoms with Gasteiger partial charge in [0.25, 0.3) is 0 Å². The van der Waals surface area contributed by atoms with Crippen molar-refractivity contribution in [2.24, 2.45) is 0 Å². The summed E-state index contributed by atoms with van der Waals surface area (Å²) in [5.41, 5.74) is 2.49. The van der Waals surface area contributed by atoms with E-state index >= 15 is 0 Å². The topological polar surface area (TPSA) is 24.9 Å². The van der Waals surface area contributed by atoms with Gasteiger partial charge in [-0.15, -0.1) is 11.3 Å². The predicted octanol–water partition coefficient (Wildman–Crippen LogP) is 3.57. The van der Waals surface area contributed by atoms with Gasteiger partial charge in [0.05, 0.1) is 17.2 Å². The van der Waals surface area contributed by atoms with Gasteiger partial charge in [0, 0.05) is 10.4 Å². The molecule has 0 amide bonds. The van der Waals surface area contributed by atoms with Crippen LogP contribution in [0, 0.1) is 24.4 Å². The first-order chi connectivity index (χ1) is 9.06. The molecule has 0 radical (unpaired) electrons. The van der Waals surface area contributed by atoms with Crippen molar-refractivity contribution < 1.29 is 13.2 Å². The van der Waals surface area contributed by atoms with Gasteiger partial charge in [0.1, 0.15) is 0 Å². The lowest BCUT2D eigenvalue weighted by atomic mass is 10.0. The molecule has 2 rings (SSSR count). The molecular weight excluding hydrogens is 273 g/mol. The first kappa shape index (κ1) is 14.0. The molecule has 0 aliphatic rings. The number of nitrogens with one attached hydrogen (secondary N) is 1. The number of benzene rings is 1. The van der Waals surface area contributed by atoms with Crippen molar-refractivity contribution >= 4 is 11.3 Å². The third-order valence-electron chi connectivity index (χ3n) is 2.83. The van der Waals surface area contributed by atoms with E-state index in [1.165, 1.54) is 17.4 Å². The second kappa shape index (κ2) is 5.71. The molecule has 0 bridgehead atoms. The molecule has 0 aliphatic heterocycles. The third-order valence-corrected chi connectivity index (χ3v) is 3.82. The van der Waals surface area contributed by atoms with Crippen LogP contribution in [0.3, 0.4) is 0 Å². The Bertz CT molecular complexity index is 583. The molecule has 1 aromatic heterocycles. The Labute approximate surface area is 113 Å². The summed E-state index contributed by atoms with van der Waals surface area (Å²) in [5, 5.41) is 3.07. The number of hydrogen-bond donors (Lipinski definition) is 1. The molecule has 19 heavy (non-hydrogen) atoms. The minimum Gasteiger partial charge on any atom is -0.306 e. The average molecular weight is 286 g/mol. The van der Waals surface area contributed by atoms with Gasteiger partial charge in [-0.25, -0.2) is 18.2 Å². The Kier molecular flexibility index (Phi) is 4.21. The van der Waals surface area contributed by atoms with Crippen LogP contribution in [0.2, 0.25) is 0 Å². The summed E-state index contributed by atoms with van der Waals surface area (Å²) >= 11 is 1.35. The van der Waals surface area contributed by atoms with Crippen molar-refractivity contribution in [3.05, 3.63) is 51.2 Å². The number of nitrogens with zero attached hydrogens (tertiary/aromatic N) is 1. The smallest absolute Gasteiger partial charge is 0.194 e. The molecule has 1 N–H and O–H groups in total. The van der Waals surface area contributed by atoms with E-state index in [0.717, 1.165) is 16.6 Å². The summed E-state index contributed by atoms with van der Waals surface area (Å²) in [6.45, 7) is 4.23. The fourth-order valence-electron chi connectivity index (χ4n) is 1.90. The Morgan fingerprint density at radius 2 is 2.00 bits per heavy atom. The summed E-state index contributed by atoms with van der Waals surface area (Å²) in [4.78, 5) is 4.90. The Hall–Kier alpha value is -1.40. The molecule has 0 saturated carbocycles. The van der Waals surface area contributed by atoms with Crippen molar-refractivity contribution in [3.63, 3.8) is 0 Å². The van der Waals surface area contributed by atoms with E-state index < -0.39 is 23.5 Å². The largest absolute Gasteiger partial charge is 0.306 e. The van der Waals surface area contributed by atoms with Crippen LogP contribution in [0.15, 0.2) is 17.6 Å². The number of rotatable bonds is 4. The van der Waals surface area contributed by atoms with Crippen molar-refractivity contribution in [2.75, 3.05) is 6.54 Å². The van der Waals surface area contributed by atoms with Gasteiger partial charge in [0.2, 0.25) is 0 Å². The molecule has 2 nitrogen and oxygen atoms in total. The fraction of sp³-hybridized carbons (Fsp3) is 0.308. The summed E-state index contributed by atoms with van der Waals surface area (Å²) < 4.78 is 40.2. The SMILES string of the molecule is CCNC(c1ccc(F)c(F)c1F)c1scnc1C. The fourth-order valence-corrected chi connectivity index (χ4v) is 2.79. The van der Waals surface area contributed by atoms with Gasteiger partial charge in [-0.2, -0.15) is 0 Å². The first-order valence-electron chi connectivity index (χ1n) is 5.83. The van der Waals surface area contributed by atoms with E-state index in [1.807, 2.05) is 6.92 Å². The predicted molar refractivity (Wildman–Crippen MR) is 68.7 cm³/mol. The molecule has 1 heterocycles. The molecule has 0 spiro atoms. The maximum Gasteiger partial charge on any atom is 0.194 e. The lowest BCUT2D eigenvalue weighted by Crippen LogP contribution is -2.23. The normalized spacial score (nSPS) is 12.7. The van der Waals surface area contributed by atoms with Crippen LogP contribution in [0.25, 0.3) is 0 Å². The summed E-state index contributed by atoms with van der Waals surface area (Å²) in [6.07, 6.45) is 0. The minimum absolute atomic E-state index is 0.0908. The molecule has 6 heteroatoms. The molecule has 1 aromatic carbocycles. The molecule has 1 unspecified atom stereocenters. The van der Waals surface area contributed by atoms with Crippen molar-refractivity contribution in [3.8, 4) is 0 Å². The zero-order valence-electron chi connectivity index (χ0n) is 10.5. The van der Waals surface area contributed by atoms with Gasteiger partial charge < -0.3 is 5.32 Å². The van der Waals surface area contributed by atoms with Gasteiger partial charge in [-0.1, -0.05) is 13.0 Å². The van der Waals surface area contributed by atoms with Crippen LogP contribution in [-0.4, -0.2) is 11.5 Å². The second-order valence-corrected chi connectivity index (χ2v) is 4.94. The quantitative estimate of drug-likeness (QED) is 0.869. The van der Waals surface area contributed by atoms with Crippen LogP contribution in [0.5, 0.6) is 0 Å². The molecule has 2 aromatic rings.